The second-order valence-corrected chi connectivity index (χ2v) is 23.5. The largest absolute Gasteiger partial charge is 0.481 e. The van der Waals surface area contributed by atoms with Crippen molar-refractivity contribution in [3.05, 3.63) is 54.3 Å². The van der Waals surface area contributed by atoms with Gasteiger partial charge in [-0.1, -0.05) is 58.1 Å². The molecule has 0 radical (unpaired) electrons. The first-order valence-corrected chi connectivity index (χ1v) is 24.5. The van der Waals surface area contributed by atoms with E-state index in [0.717, 1.165) is 44.1 Å². The van der Waals surface area contributed by atoms with E-state index in [2.05, 4.69) is 78.4 Å². The summed E-state index contributed by atoms with van der Waals surface area (Å²) in [7, 11) is -2.88. The molecule has 10 atom stereocenters. The molecule has 5 fully saturated rings. The molecular formula is C46H68N4O5S2. The highest BCUT2D eigenvalue weighted by atomic mass is 32.2. The number of carbonyl (C=O) groups is 1. The molecule has 57 heavy (non-hydrogen) atoms. The van der Waals surface area contributed by atoms with Crippen molar-refractivity contribution in [2.45, 2.75) is 117 Å². The lowest BCUT2D eigenvalue weighted by atomic mass is 9.32. The first-order valence-electron chi connectivity index (χ1n) is 22.0. The van der Waals surface area contributed by atoms with Crippen LogP contribution in [0.1, 0.15) is 112 Å². The molecule has 1 aromatic rings. The maximum absolute atomic E-state index is 12.7. The summed E-state index contributed by atoms with van der Waals surface area (Å²) in [5, 5.41) is 14.6. The number of ether oxygens (including phenoxy) is 1. The van der Waals surface area contributed by atoms with Crippen molar-refractivity contribution in [2.75, 3.05) is 44.3 Å². The third kappa shape index (κ3) is 6.57. The number of hydrogen-bond acceptors (Lipinski definition) is 9. The van der Waals surface area contributed by atoms with Gasteiger partial charge in [-0.3, -0.25) is 4.79 Å². The van der Waals surface area contributed by atoms with Gasteiger partial charge in [-0.25, -0.2) is 8.42 Å². The van der Waals surface area contributed by atoms with Gasteiger partial charge in [0.25, 0.3) is 0 Å². The number of sulfone groups is 1. The zero-order valence-corrected chi connectivity index (χ0v) is 36.9. The Morgan fingerprint density at radius 1 is 1.04 bits per heavy atom. The minimum atomic E-state index is -2.88. The van der Waals surface area contributed by atoms with Crippen molar-refractivity contribution < 1.29 is 23.1 Å². The van der Waals surface area contributed by atoms with Crippen molar-refractivity contribution in [1.82, 2.24) is 19.0 Å². The van der Waals surface area contributed by atoms with Gasteiger partial charge in [0.2, 0.25) is 5.88 Å². The summed E-state index contributed by atoms with van der Waals surface area (Å²) < 4.78 is 38.2. The number of allylic oxidation sites excluding steroid dienone is 6. The normalized spacial score (nSPS) is 42.3. The summed E-state index contributed by atoms with van der Waals surface area (Å²) in [6, 6.07) is 0. The molecule has 9 nitrogen and oxygen atoms in total. The molecule has 1 saturated heterocycles. The number of hydrogen-bond donors (Lipinski definition) is 2. The van der Waals surface area contributed by atoms with Crippen LogP contribution in [0.5, 0.6) is 5.88 Å². The van der Waals surface area contributed by atoms with E-state index in [1.54, 1.807) is 6.20 Å². The highest BCUT2D eigenvalue weighted by molar-refractivity contribution is 7.91. The zero-order valence-electron chi connectivity index (χ0n) is 35.3. The number of carboxylic acid groups (broad SMARTS) is 1. The highest BCUT2D eigenvalue weighted by Gasteiger charge is 2.71. The first-order chi connectivity index (χ1) is 27.0. The van der Waals surface area contributed by atoms with Crippen LogP contribution in [-0.4, -0.2) is 83.0 Å². The van der Waals surface area contributed by atoms with Crippen molar-refractivity contribution >= 4 is 27.5 Å². The molecule has 0 amide bonds. The summed E-state index contributed by atoms with van der Waals surface area (Å²) in [5.74, 6) is 2.89. The van der Waals surface area contributed by atoms with Gasteiger partial charge in [-0.2, -0.15) is 4.37 Å². The molecular weight excluding hydrogens is 753 g/mol. The Labute approximate surface area is 346 Å². The van der Waals surface area contributed by atoms with E-state index < -0.39 is 21.2 Å². The Hall–Kier alpha value is -2.34. The van der Waals surface area contributed by atoms with Crippen LogP contribution >= 0.6 is 11.7 Å². The maximum atomic E-state index is 12.7. The minimum Gasteiger partial charge on any atom is -0.481 e. The van der Waals surface area contributed by atoms with Crippen molar-refractivity contribution in [3.63, 3.8) is 0 Å². The number of aromatic nitrogens is 2. The monoisotopic (exact) mass is 820 g/mol. The Morgan fingerprint density at radius 2 is 1.81 bits per heavy atom. The molecule has 314 valence electrons. The summed E-state index contributed by atoms with van der Waals surface area (Å²) >= 11 is 1.07. The Bertz CT molecular complexity index is 1910. The number of nitrogens with zero attached hydrogens (tertiary/aromatic N) is 3. The van der Waals surface area contributed by atoms with Crippen molar-refractivity contribution in [3.8, 4) is 5.88 Å². The summed E-state index contributed by atoms with van der Waals surface area (Å²) in [4.78, 5) is 15.0. The minimum absolute atomic E-state index is 0.0228. The van der Waals surface area contributed by atoms with Gasteiger partial charge in [0.15, 0.2) is 9.84 Å². The fourth-order valence-corrected chi connectivity index (χ4v) is 16.8. The van der Waals surface area contributed by atoms with Gasteiger partial charge in [0, 0.05) is 31.7 Å². The average Bonchev–Trinajstić information content (AvgIpc) is 3.83. The van der Waals surface area contributed by atoms with Crippen LogP contribution < -0.4 is 10.1 Å². The molecule has 0 bridgehead atoms. The van der Waals surface area contributed by atoms with E-state index in [0.29, 0.717) is 61.4 Å². The lowest BCUT2D eigenvalue weighted by Crippen LogP contribution is -2.68. The number of fused-ring (bicyclic) bond motifs is 7. The van der Waals surface area contributed by atoms with E-state index in [-0.39, 0.29) is 45.3 Å². The number of rotatable bonds is 11. The van der Waals surface area contributed by atoms with E-state index in [4.69, 9.17) is 11.3 Å². The molecule has 4 saturated carbocycles. The van der Waals surface area contributed by atoms with Crippen molar-refractivity contribution in [2.24, 2.45) is 56.7 Å². The third-order valence-corrected chi connectivity index (χ3v) is 20.2. The SMILES string of the molecule is C=C[C@@]12CC[C@@]3(NCCN4CCS(=O)(=O)CC4)CC[C@@H](C(=C)C)C3[C@H]1CCC1[C@@]3(C)CC=C(C4=CCC(COc5cnsn5)(C(=O)O)CC4)C(C)(C)C3CC[C@]12C. The maximum Gasteiger partial charge on any atom is 0.313 e. The van der Waals surface area contributed by atoms with Crippen LogP contribution in [0.15, 0.2) is 54.3 Å². The summed E-state index contributed by atoms with van der Waals surface area (Å²) in [6.45, 7) is 25.1. The first kappa shape index (κ1) is 41.4. The second-order valence-electron chi connectivity index (χ2n) is 20.7. The van der Waals surface area contributed by atoms with Gasteiger partial charge in [0.1, 0.15) is 18.2 Å². The van der Waals surface area contributed by atoms with Crippen molar-refractivity contribution in [1.29, 1.82) is 0 Å². The Morgan fingerprint density at radius 3 is 2.46 bits per heavy atom. The van der Waals surface area contributed by atoms with Gasteiger partial charge in [0.05, 0.1) is 23.2 Å². The Kier molecular flexibility index (Phi) is 10.7. The standard InChI is InChI=1S/C46H68N4O5S2/c1-8-45-21-22-46(47-23-24-50-25-27-57(53,54)28-26-50)20-13-33(31(2)3)39(46)35(45)9-10-37-42(6)16-14-34(41(4,5)36(42)15-17-43(37,45)7)32-11-18-44(19-12-32,40(51)52)30-55-38-29-48-56-49-38/h8,11,14,29,33,35-37,39,47H,1-2,9-10,12-13,15-28,30H2,3-7H3,(H,51,52)/t33-,35+,36?,37?,39?,42-,43+,44?,45+,46-/m0/s1. The smallest absolute Gasteiger partial charge is 0.313 e. The molecule has 11 heteroatoms. The van der Waals surface area contributed by atoms with Crippen LogP contribution in [0, 0.1) is 56.7 Å². The molecule has 0 aromatic carbocycles. The fourth-order valence-electron chi connectivity index (χ4n) is 15.2. The molecule has 1 aromatic heterocycles. The molecule has 4 unspecified atom stereocenters. The van der Waals surface area contributed by atoms with E-state index in [1.165, 1.54) is 61.7 Å². The summed E-state index contributed by atoms with van der Waals surface area (Å²) in [6.07, 6.45) is 21.2. The third-order valence-electron chi connectivity index (χ3n) is 18.1. The predicted molar refractivity (Wildman–Crippen MR) is 228 cm³/mol. The predicted octanol–water partition coefficient (Wildman–Crippen LogP) is 8.53. The van der Waals surface area contributed by atoms with Crippen LogP contribution in [0.25, 0.3) is 0 Å². The number of carboxylic acids is 1. The number of aliphatic carboxylic acids is 1. The summed E-state index contributed by atoms with van der Waals surface area (Å²) in [5.41, 5.74) is 3.60. The Balaban J connectivity index is 1.03. The molecule has 8 rings (SSSR count). The molecule has 7 aliphatic rings. The van der Waals surface area contributed by atoms with E-state index in [9.17, 15) is 18.3 Å². The van der Waals surface area contributed by atoms with Crippen LogP contribution in [0.2, 0.25) is 0 Å². The molecule has 1 aliphatic heterocycles. The molecule has 0 spiro atoms. The van der Waals surface area contributed by atoms with Crippen LogP contribution in [0.4, 0.5) is 0 Å². The van der Waals surface area contributed by atoms with E-state index >= 15 is 0 Å². The molecule has 2 N–H and O–H groups in total. The van der Waals surface area contributed by atoms with Crippen LogP contribution in [-0.2, 0) is 14.6 Å². The van der Waals surface area contributed by atoms with Gasteiger partial charge >= 0.3 is 5.97 Å². The lowest BCUT2D eigenvalue weighted by Gasteiger charge is -2.72. The van der Waals surface area contributed by atoms with Gasteiger partial charge < -0.3 is 20.1 Å². The second kappa shape index (κ2) is 14.7. The molecule has 2 heterocycles. The zero-order chi connectivity index (χ0) is 40.6. The van der Waals surface area contributed by atoms with Gasteiger partial charge in [-0.15, -0.1) is 11.0 Å². The van der Waals surface area contributed by atoms with E-state index in [1.807, 2.05) is 0 Å². The lowest BCUT2D eigenvalue weighted by molar-refractivity contribution is -0.208. The quantitative estimate of drug-likeness (QED) is 0.212. The highest BCUT2D eigenvalue weighted by Crippen LogP contribution is 2.77. The average molecular weight is 821 g/mol. The molecule has 6 aliphatic carbocycles. The number of nitrogens with one attached hydrogen (secondary N) is 1. The van der Waals surface area contributed by atoms with Crippen LogP contribution in [0.3, 0.4) is 0 Å². The topological polar surface area (TPSA) is 122 Å². The van der Waals surface area contributed by atoms with Gasteiger partial charge in [-0.05, 0) is 146 Å². The fraction of sp³-hybridized carbons (Fsp3) is 0.761.